The minimum atomic E-state index is -0.249. The van der Waals surface area contributed by atoms with Gasteiger partial charge in [0.05, 0.1) is 17.8 Å². The Morgan fingerprint density at radius 2 is 2.23 bits per heavy atom. The van der Waals surface area contributed by atoms with E-state index in [1.807, 2.05) is 6.92 Å². The molecular weight excluding hydrogens is 166 g/mol. The third kappa shape index (κ3) is 3.63. The van der Waals surface area contributed by atoms with Gasteiger partial charge in [0, 0.05) is 19.6 Å². The number of morpholine rings is 1. The Morgan fingerprint density at radius 1 is 1.62 bits per heavy atom. The molecular formula is C10H21NO2. The van der Waals surface area contributed by atoms with Crippen LogP contribution in [0.4, 0.5) is 0 Å². The lowest BCUT2D eigenvalue weighted by atomic mass is 10.1. The fourth-order valence-corrected chi connectivity index (χ4v) is 2.10. The molecule has 3 nitrogen and oxygen atoms in total. The second-order valence-electron chi connectivity index (χ2n) is 4.73. The number of hydrogen-bond acceptors (Lipinski definition) is 3. The van der Waals surface area contributed by atoms with Crippen molar-refractivity contribution in [2.24, 2.45) is 0 Å². The molecule has 0 amide bonds. The smallest absolute Gasteiger partial charge is 0.0757 e. The van der Waals surface area contributed by atoms with E-state index in [0.29, 0.717) is 0 Å². The molecule has 1 saturated heterocycles. The van der Waals surface area contributed by atoms with Gasteiger partial charge in [0.15, 0.2) is 0 Å². The lowest BCUT2D eigenvalue weighted by Gasteiger charge is -2.42. The van der Waals surface area contributed by atoms with Crippen molar-refractivity contribution in [1.82, 2.24) is 4.90 Å². The molecule has 0 radical (unpaired) electrons. The molecule has 1 fully saturated rings. The molecule has 1 rings (SSSR count). The van der Waals surface area contributed by atoms with E-state index in [0.717, 1.165) is 19.6 Å². The fourth-order valence-electron chi connectivity index (χ4n) is 2.10. The molecule has 0 aromatic heterocycles. The van der Waals surface area contributed by atoms with Gasteiger partial charge < -0.3 is 9.84 Å². The lowest BCUT2D eigenvalue weighted by Crippen LogP contribution is -2.53. The predicted molar refractivity (Wildman–Crippen MR) is 52.7 cm³/mol. The average Bonchev–Trinajstić information content (AvgIpc) is 1.78. The van der Waals surface area contributed by atoms with Crippen molar-refractivity contribution in [2.45, 2.75) is 45.5 Å². The molecule has 1 heterocycles. The number of β-amino-alcohol motifs (C(OH)–C–C–N with tert-alkyl or cyclic N) is 1. The Hall–Kier alpha value is -0.120. The second-order valence-corrected chi connectivity index (χ2v) is 4.73. The van der Waals surface area contributed by atoms with E-state index in [-0.39, 0.29) is 17.8 Å². The van der Waals surface area contributed by atoms with Crippen LogP contribution in [0.15, 0.2) is 0 Å². The largest absolute Gasteiger partial charge is 0.392 e. The van der Waals surface area contributed by atoms with Crippen LogP contribution < -0.4 is 0 Å². The molecule has 3 heteroatoms. The summed E-state index contributed by atoms with van der Waals surface area (Å²) >= 11 is 0. The number of rotatable bonds is 2. The highest BCUT2D eigenvalue weighted by molar-refractivity contribution is 4.82. The summed E-state index contributed by atoms with van der Waals surface area (Å²) in [7, 11) is 0. The van der Waals surface area contributed by atoms with Crippen LogP contribution in [-0.2, 0) is 4.74 Å². The van der Waals surface area contributed by atoms with Gasteiger partial charge >= 0.3 is 0 Å². The van der Waals surface area contributed by atoms with Crippen molar-refractivity contribution >= 4 is 0 Å². The molecule has 1 aliphatic heterocycles. The van der Waals surface area contributed by atoms with Gasteiger partial charge in [0.2, 0.25) is 0 Å². The molecule has 2 unspecified atom stereocenters. The Kier molecular flexibility index (Phi) is 3.33. The maximum absolute atomic E-state index is 9.28. The molecule has 1 aliphatic rings. The van der Waals surface area contributed by atoms with Gasteiger partial charge in [-0.3, -0.25) is 4.90 Å². The van der Waals surface area contributed by atoms with Crippen LogP contribution in [-0.4, -0.2) is 47.4 Å². The SMILES string of the molecule is CC(O)CN1CC(C)OC(C)(C)C1. The van der Waals surface area contributed by atoms with Crippen molar-refractivity contribution in [1.29, 1.82) is 0 Å². The summed E-state index contributed by atoms with van der Waals surface area (Å²) < 4.78 is 5.76. The first-order valence-electron chi connectivity index (χ1n) is 4.97. The zero-order valence-electron chi connectivity index (χ0n) is 9.08. The summed E-state index contributed by atoms with van der Waals surface area (Å²) in [6, 6.07) is 0. The summed E-state index contributed by atoms with van der Waals surface area (Å²) in [5, 5.41) is 9.28. The van der Waals surface area contributed by atoms with Crippen LogP contribution in [0, 0.1) is 0 Å². The summed E-state index contributed by atoms with van der Waals surface area (Å²) in [6.45, 7) is 10.7. The molecule has 0 spiro atoms. The fraction of sp³-hybridized carbons (Fsp3) is 1.00. The van der Waals surface area contributed by atoms with Crippen molar-refractivity contribution in [3.63, 3.8) is 0 Å². The molecule has 1 N–H and O–H groups in total. The molecule has 0 aromatic carbocycles. The summed E-state index contributed by atoms with van der Waals surface area (Å²) in [5.74, 6) is 0. The summed E-state index contributed by atoms with van der Waals surface area (Å²) in [5.41, 5.74) is -0.0768. The normalized spacial score (nSPS) is 31.6. The first-order valence-corrected chi connectivity index (χ1v) is 4.97. The van der Waals surface area contributed by atoms with Gasteiger partial charge in [-0.2, -0.15) is 0 Å². The van der Waals surface area contributed by atoms with Crippen LogP contribution in [0.5, 0.6) is 0 Å². The maximum Gasteiger partial charge on any atom is 0.0757 e. The van der Waals surface area contributed by atoms with Crippen LogP contribution in [0.2, 0.25) is 0 Å². The zero-order chi connectivity index (χ0) is 10.1. The molecule has 13 heavy (non-hydrogen) atoms. The molecule has 0 aromatic rings. The van der Waals surface area contributed by atoms with Gasteiger partial charge in [0.25, 0.3) is 0 Å². The third-order valence-corrected chi connectivity index (χ3v) is 2.16. The van der Waals surface area contributed by atoms with Crippen LogP contribution in [0.25, 0.3) is 0 Å². The van der Waals surface area contributed by atoms with E-state index in [2.05, 4.69) is 25.7 Å². The topological polar surface area (TPSA) is 32.7 Å². The van der Waals surface area contributed by atoms with E-state index in [1.54, 1.807) is 0 Å². The van der Waals surface area contributed by atoms with Gasteiger partial charge in [-0.25, -0.2) is 0 Å². The summed E-state index contributed by atoms with van der Waals surface area (Å²) in [6.07, 6.45) is 0.0172. The highest BCUT2D eigenvalue weighted by atomic mass is 16.5. The third-order valence-electron chi connectivity index (χ3n) is 2.16. The number of hydrogen-bond donors (Lipinski definition) is 1. The quantitative estimate of drug-likeness (QED) is 0.696. The number of nitrogens with zero attached hydrogens (tertiary/aromatic N) is 1. The van der Waals surface area contributed by atoms with E-state index >= 15 is 0 Å². The van der Waals surface area contributed by atoms with Crippen molar-refractivity contribution in [2.75, 3.05) is 19.6 Å². The van der Waals surface area contributed by atoms with Gasteiger partial charge in [-0.05, 0) is 27.7 Å². The number of aliphatic hydroxyl groups is 1. The Balaban J connectivity index is 2.48. The van der Waals surface area contributed by atoms with Crippen molar-refractivity contribution in [3.8, 4) is 0 Å². The molecule has 78 valence electrons. The number of ether oxygens (including phenoxy) is 1. The van der Waals surface area contributed by atoms with Gasteiger partial charge in [-0.1, -0.05) is 0 Å². The standard InChI is InChI=1S/C10H21NO2/c1-8(12)5-11-6-9(2)13-10(3,4)7-11/h8-9,12H,5-7H2,1-4H3. The maximum atomic E-state index is 9.28. The molecule has 0 aliphatic carbocycles. The predicted octanol–water partition coefficient (Wildman–Crippen LogP) is 0.866. The van der Waals surface area contributed by atoms with Crippen molar-refractivity contribution < 1.29 is 9.84 Å². The molecule has 0 saturated carbocycles. The van der Waals surface area contributed by atoms with Crippen LogP contribution >= 0.6 is 0 Å². The minimum Gasteiger partial charge on any atom is -0.392 e. The van der Waals surface area contributed by atoms with E-state index in [9.17, 15) is 5.11 Å². The van der Waals surface area contributed by atoms with Gasteiger partial charge in [0.1, 0.15) is 0 Å². The van der Waals surface area contributed by atoms with E-state index < -0.39 is 0 Å². The zero-order valence-corrected chi connectivity index (χ0v) is 9.08. The Bertz CT molecular complexity index is 166. The first-order chi connectivity index (χ1) is 5.89. The van der Waals surface area contributed by atoms with Crippen molar-refractivity contribution in [3.05, 3.63) is 0 Å². The van der Waals surface area contributed by atoms with Gasteiger partial charge in [-0.15, -0.1) is 0 Å². The Morgan fingerprint density at radius 3 is 2.69 bits per heavy atom. The van der Waals surface area contributed by atoms with Crippen LogP contribution in [0.3, 0.4) is 0 Å². The lowest BCUT2D eigenvalue weighted by molar-refractivity contribution is -0.133. The highest BCUT2D eigenvalue weighted by Gasteiger charge is 2.31. The average molecular weight is 187 g/mol. The number of aliphatic hydroxyl groups excluding tert-OH is 1. The molecule has 0 bridgehead atoms. The highest BCUT2D eigenvalue weighted by Crippen LogP contribution is 2.20. The molecule has 2 atom stereocenters. The second kappa shape index (κ2) is 3.95. The van der Waals surface area contributed by atoms with Crippen LogP contribution in [0.1, 0.15) is 27.7 Å². The van der Waals surface area contributed by atoms with E-state index in [4.69, 9.17) is 4.74 Å². The minimum absolute atomic E-state index is 0.0768. The Labute approximate surface area is 80.7 Å². The first kappa shape index (κ1) is 11.0. The summed E-state index contributed by atoms with van der Waals surface area (Å²) in [4.78, 5) is 2.26. The monoisotopic (exact) mass is 187 g/mol. The van der Waals surface area contributed by atoms with E-state index in [1.165, 1.54) is 0 Å².